The highest BCUT2D eigenvalue weighted by atomic mass is 16.5. The summed E-state index contributed by atoms with van der Waals surface area (Å²) in [5.41, 5.74) is 0.729. The fourth-order valence-electron chi connectivity index (χ4n) is 1.12. The van der Waals surface area contributed by atoms with Gasteiger partial charge in [0.2, 0.25) is 0 Å². The third-order valence-electron chi connectivity index (χ3n) is 2.03. The van der Waals surface area contributed by atoms with E-state index in [4.69, 9.17) is 4.74 Å². The van der Waals surface area contributed by atoms with Gasteiger partial charge >= 0.3 is 0 Å². The Labute approximate surface area is 84.9 Å². The molecule has 1 rings (SSSR count). The molecule has 0 N–H and O–H groups in total. The van der Waals surface area contributed by atoms with Crippen molar-refractivity contribution >= 4 is 5.78 Å². The number of unbranched alkanes of at least 4 members (excludes halogenated alkanes) is 1. The van der Waals surface area contributed by atoms with Crippen LogP contribution in [0.5, 0.6) is 5.75 Å². The molecule has 0 atom stereocenters. The highest BCUT2D eigenvalue weighted by Gasteiger charge is 1.98. The van der Waals surface area contributed by atoms with Gasteiger partial charge in [-0.1, -0.05) is 13.3 Å². The average Bonchev–Trinajstić information content (AvgIpc) is 2.19. The summed E-state index contributed by atoms with van der Waals surface area (Å²) in [5, 5.41) is 0. The van der Waals surface area contributed by atoms with Crippen LogP contribution in [0.25, 0.3) is 0 Å². The van der Waals surface area contributed by atoms with Crippen molar-refractivity contribution in [3.63, 3.8) is 0 Å². The maximum Gasteiger partial charge on any atom is 0.159 e. The molecule has 0 saturated heterocycles. The fourth-order valence-corrected chi connectivity index (χ4v) is 1.12. The van der Waals surface area contributed by atoms with Crippen LogP contribution in [-0.4, -0.2) is 12.4 Å². The monoisotopic (exact) mass is 192 g/mol. The first kappa shape index (κ1) is 10.8. The quantitative estimate of drug-likeness (QED) is 0.529. The molecule has 0 radical (unpaired) electrons. The molecule has 0 aromatic heterocycles. The molecule has 0 unspecified atom stereocenters. The SMILES string of the molecule is CCCCOc1ccc(C(C)=O)cc1. The molecule has 76 valence electrons. The second kappa shape index (κ2) is 5.43. The lowest BCUT2D eigenvalue weighted by Crippen LogP contribution is -1.97. The Bertz CT molecular complexity index is 288. The lowest BCUT2D eigenvalue weighted by molar-refractivity contribution is 0.101. The number of ether oxygens (including phenoxy) is 1. The predicted octanol–water partition coefficient (Wildman–Crippen LogP) is 3.07. The second-order valence-corrected chi connectivity index (χ2v) is 3.28. The molecule has 0 amide bonds. The molecule has 0 saturated carbocycles. The van der Waals surface area contributed by atoms with Gasteiger partial charge in [0.05, 0.1) is 6.61 Å². The van der Waals surface area contributed by atoms with Crippen LogP contribution in [0.4, 0.5) is 0 Å². The predicted molar refractivity (Wildman–Crippen MR) is 56.8 cm³/mol. The number of Topliss-reactive ketones (excluding diaryl/α,β-unsaturated/α-hetero) is 1. The van der Waals surface area contributed by atoms with Gasteiger partial charge in [-0.3, -0.25) is 4.79 Å². The Morgan fingerprint density at radius 2 is 1.93 bits per heavy atom. The molecule has 2 nitrogen and oxygen atoms in total. The van der Waals surface area contributed by atoms with E-state index in [0.717, 1.165) is 30.8 Å². The molecule has 1 aromatic carbocycles. The molecule has 0 aliphatic carbocycles. The summed E-state index contributed by atoms with van der Waals surface area (Å²) in [7, 11) is 0. The van der Waals surface area contributed by atoms with Crippen molar-refractivity contribution in [3.8, 4) is 5.75 Å². The number of carbonyl (C=O) groups is 1. The normalized spacial score (nSPS) is 9.86. The number of ketones is 1. The van der Waals surface area contributed by atoms with E-state index in [0.29, 0.717) is 0 Å². The third kappa shape index (κ3) is 3.21. The van der Waals surface area contributed by atoms with Crippen LogP contribution in [0.1, 0.15) is 37.0 Å². The van der Waals surface area contributed by atoms with Crippen molar-refractivity contribution in [2.75, 3.05) is 6.61 Å². The van der Waals surface area contributed by atoms with E-state index < -0.39 is 0 Å². The summed E-state index contributed by atoms with van der Waals surface area (Å²) < 4.78 is 5.47. The van der Waals surface area contributed by atoms with Gasteiger partial charge in [0.1, 0.15) is 5.75 Å². The van der Waals surface area contributed by atoms with Gasteiger partial charge in [-0.05, 0) is 37.6 Å². The molecule has 0 fully saturated rings. The standard InChI is InChI=1S/C12H16O2/c1-3-4-9-14-12-7-5-11(6-8-12)10(2)13/h5-8H,3-4,9H2,1-2H3. The van der Waals surface area contributed by atoms with Crippen molar-refractivity contribution in [1.82, 2.24) is 0 Å². The zero-order valence-electron chi connectivity index (χ0n) is 8.75. The van der Waals surface area contributed by atoms with E-state index in [1.54, 1.807) is 19.1 Å². The van der Waals surface area contributed by atoms with Crippen molar-refractivity contribution < 1.29 is 9.53 Å². The molecule has 0 heterocycles. The van der Waals surface area contributed by atoms with E-state index in [1.165, 1.54) is 0 Å². The first-order valence-electron chi connectivity index (χ1n) is 4.98. The average molecular weight is 192 g/mol. The second-order valence-electron chi connectivity index (χ2n) is 3.28. The number of rotatable bonds is 5. The first-order valence-corrected chi connectivity index (χ1v) is 4.98. The number of hydrogen-bond donors (Lipinski definition) is 0. The molecule has 0 spiro atoms. The topological polar surface area (TPSA) is 26.3 Å². The highest BCUT2D eigenvalue weighted by Crippen LogP contribution is 2.12. The van der Waals surface area contributed by atoms with Gasteiger partial charge in [-0.25, -0.2) is 0 Å². The van der Waals surface area contributed by atoms with Crippen LogP contribution in [0, 0.1) is 0 Å². The first-order chi connectivity index (χ1) is 6.74. The largest absolute Gasteiger partial charge is 0.494 e. The lowest BCUT2D eigenvalue weighted by Gasteiger charge is -2.05. The van der Waals surface area contributed by atoms with E-state index in [-0.39, 0.29) is 5.78 Å². The molecule has 0 aliphatic heterocycles. The summed E-state index contributed by atoms with van der Waals surface area (Å²) in [6.45, 7) is 4.44. The van der Waals surface area contributed by atoms with Crippen LogP contribution >= 0.6 is 0 Å². The highest BCUT2D eigenvalue weighted by molar-refractivity contribution is 5.94. The minimum absolute atomic E-state index is 0.0881. The van der Waals surface area contributed by atoms with E-state index in [1.807, 2.05) is 12.1 Å². The van der Waals surface area contributed by atoms with Gasteiger partial charge in [0, 0.05) is 5.56 Å². The number of benzene rings is 1. The van der Waals surface area contributed by atoms with E-state index >= 15 is 0 Å². The van der Waals surface area contributed by atoms with Gasteiger partial charge in [-0.2, -0.15) is 0 Å². The molecule has 0 aliphatic rings. The Balaban J connectivity index is 2.51. The fraction of sp³-hybridized carbons (Fsp3) is 0.417. The number of hydrogen-bond acceptors (Lipinski definition) is 2. The van der Waals surface area contributed by atoms with Gasteiger partial charge in [0.25, 0.3) is 0 Å². The Morgan fingerprint density at radius 1 is 1.29 bits per heavy atom. The minimum Gasteiger partial charge on any atom is -0.494 e. The molecular formula is C12H16O2. The number of carbonyl (C=O) groups excluding carboxylic acids is 1. The van der Waals surface area contributed by atoms with Gasteiger partial charge in [0.15, 0.2) is 5.78 Å². The lowest BCUT2D eigenvalue weighted by atomic mass is 10.1. The molecular weight excluding hydrogens is 176 g/mol. The van der Waals surface area contributed by atoms with Crippen molar-refractivity contribution in [2.45, 2.75) is 26.7 Å². The molecule has 2 heteroatoms. The Morgan fingerprint density at radius 3 is 2.43 bits per heavy atom. The van der Waals surface area contributed by atoms with Gasteiger partial charge < -0.3 is 4.74 Å². The summed E-state index contributed by atoms with van der Waals surface area (Å²) in [4.78, 5) is 11.0. The van der Waals surface area contributed by atoms with Crippen molar-refractivity contribution in [1.29, 1.82) is 0 Å². The van der Waals surface area contributed by atoms with Crippen LogP contribution in [0.15, 0.2) is 24.3 Å². The zero-order valence-corrected chi connectivity index (χ0v) is 8.75. The van der Waals surface area contributed by atoms with Crippen molar-refractivity contribution in [2.24, 2.45) is 0 Å². The van der Waals surface area contributed by atoms with E-state index in [2.05, 4.69) is 6.92 Å². The molecule has 0 bridgehead atoms. The van der Waals surface area contributed by atoms with Gasteiger partial charge in [-0.15, -0.1) is 0 Å². The summed E-state index contributed by atoms with van der Waals surface area (Å²) in [6, 6.07) is 7.27. The van der Waals surface area contributed by atoms with Crippen LogP contribution in [-0.2, 0) is 0 Å². The summed E-state index contributed by atoms with van der Waals surface area (Å²) >= 11 is 0. The molecule has 14 heavy (non-hydrogen) atoms. The third-order valence-corrected chi connectivity index (χ3v) is 2.03. The Hall–Kier alpha value is -1.31. The van der Waals surface area contributed by atoms with Crippen LogP contribution < -0.4 is 4.74 Å². The van der Waals surface area contributed by atoms with E-state index in [9.17, 15) is 4.79 Å². The van der Waals surface area contributed by atoms with Crippen molar-refractivity contribution in [3.05, 3.63) is 29.8 Å². The smallest absolute Gasteiger partial charge is 0.159 e. The van der Waals surface area contributed by atoms with Crippen LogP contribution in [0.3, 0.4) is 0 Å². The maximum atomic E-state index is 11.0. The molecule has 1 aromatic rings. The minimum atomic E-state index is 0.0881. The maximum absolute atomic E-state index is 11.0. The summed E-state index contributed by atoms with van der Waals surface area (Å²) in [6.07, 6.45) is 2.19. The summed E-state index contributed by atoms with van der Waals surface area (Å²) in [5.74, 6) is 0.925. The van der Waals surface area contributed by atoms with Crippen LogP contribution in [0.2, 0.25) is 0 Å². The Kier molecular flexibility index (Phi) is 4.17. The zero-order chi connectivity index (χ0) is 10.4.